The molecular formula is C23H33N3O3. The maximum Gasteiger partial charge on any atom is 0.325 e. The number of hydrogen-bond donors (Lipinski definition) is 2. The van der Waals surface area contributed by atoms with Gasteiger partial charge in [0.15, 0.2) is 0 Å². The standard InChI is InChI=1S/C23H33N3O3/c1-14(2)17-9-11-18(12-10-17)23(5)21(28)26(22(29)25-23)13-20(27)24-19-8-6-7-15(3)16(19)4/h9-12,14-16,19H,6-8,13H2,1-5H3,(H,24,27)(H,25,29)/t15-,16-,19+,23-/m0/s1. The van der Waals surface area contributed by atoms with Crippen LogP contribution in [0.2, 0.25) is 0 Å². The molecule has 2 aliphatic rings. The average Bonchev–Trinajstić information content (AvgIpc) is 2.89. The van der Waals surface area contributed by atoms with Crippen molar-refractivity contribution in [3.8, 4) is 0 Å². The lowest BCUT2D eigenvalue weighted by molar-refractivity contribution is -0.135. The molecule has 4 atom stereocenters. The normalized spacial score (nSPS) is 29.9. The van der Waals surface area contributed by atoms with Gasteiger partial charge in [-0.15, -0.1) is 0 Å². The molecule has 1 aromatic carbocycles. The Morgan fingerprint density at radius 3 is 2.48 bits per heavy atom. The summed E-state index contributed by atoms with van der Waals surface area (Å²) in [5.74, 6) is 0.665. The van der Waals surface area contributed by atoms with E-state index in [1.54, 1.807) is 6.92 Å². The zero-order valence-electron chi connectivity index (χ0n) is 18.1. The van der Waals surface area contributed by atoms with Crippen LogP contribution in [0.25, 0.3) is 0 Å². The van der Waals surface area contributed by atoms with Gasteiger partial charge in [0.1, 0.15) is 12.1 Å². The minimum absolute atomic E-state index is 0.0991. The summed E-state index contributed by atoms with van der Waals surface area (Å²) in [6.45, 7) is 10.0. The number of carbonyl (C=O) groups is 3. The highest BCUT2D eigenvalue weighted by Gasteiger charge is 2.49. The molecule has 0 radical (unpaired) electrons. The first-order valence-corrected chi connectivity index (χ1v) is 10.7. The first-order chi connectivity index (χ1) is 13.6. The van der Waals surface area contributed by atoms with E-state index in [9.17, 15) is 14.4 Å². The van der Waals surface area contributed by atoms with Gasteiger partial charge in [-0.05, 0) is 42.2 Å². The van der Waals surface area contributed by atoms with Crippen molar-refractivity contribution in [2.45, 2.75) is 71.4 Å². The Kier molecular flexibility index (Phi) is 6.01. The summed E-state index contributed by atoms with van der Waals surface area (Å²) in [4.78, 5) is 39.2. The number of carbonyl (C=O) groups excluding carboxylic acids is 3. The summed E-state index contributed by atoms with van der Waals surface area (Å²) in [5.41, 5.74) is 0.735. The quantitative estimate of drug-likeness (QED) is 0.744. The topological polar surface area (TPSA) is 78.5 Å². The molecule has 0 bridgehead atoms. The Morgan fingerprint density at radius 2 is 1.86 bits per heavy atom. The number of urea groups is 1. The van der Waals surface area contributed by atoms with E-state index in [-0.39, 0.29) is 24.4 Å². The molecule has 2 fully saturated rings. The summed E-state index contributed by atoms with van der Waals surface area (Å²) in [5, 5.41) is 5.82. The largest absolute Gasteiger partial charge is 0.352 e. The summed E-state index contributed by atoms with van der Waals surface area (Å²) in [6.07, 6.45) is 3.20. The van der Waals surface area contributed by atoms with E-state index >= 15 is 0 Å². The van der Waals surface area contributed by atoms with Crippen LogP contribution in [0.4, 0.5) is 4.79 Å². The van der Waals surface area contributed by atoms with E-state index < -0.39 is 11.6 Å². The van der Waals surface area contributed by atoms with Gasteiger partial charge in [0.05, 0.1) is 0 Å². The van der Waals surface area contributed by atoms with Gasteiger partial charge in [0.2, 0.25) is 5.91 Å². The second-order valence-electron chi connectivity index (χ2n) is 9.16. The van der Waals surface area contributed by atoms with Gasteiger partial charge >= 0.3 is 6.03 Å². The van der Waals surface area contributed by atoms with Crippen LogP contribution in [-0.4, -0.2) is 35.3 Å². The molecule has 6 heteroatoms. The van der Waals surface area contributed by atoms with Crippen LogP contribution in [0.3, 0.4) is 0 Å². The van der Waals surface area contributed by atoms with Crippen molar-refractivity contribution < 1.29 is 14.4 Å². The number of amides is 4. The lowest BCUT2D eigenvalue weighted by Gasteiger charge is -2.34. The van der Waals surface area contributed by atoms with Crippen LogP contribution in [-0.2, 0) is 15.1 Å². The molecule has 29 heavy (non-hydrogen) atoms. The van der Waals surface area contributed by atoms with Crippen molar-refractivity contribution in [1.29, 1.82) is 0 Å². The van der Waals surface area contributed by atoms with E-state index in [0.29, 0.717) is 17.8 Å². The van der Waals surface area contributed by atoms with Gasteiger partial charge in [0, 0.05) is 6.04 Å². The summed E-state index contributed by atoms with van der Waals surface area (Å²) in [7, 11) is 0. The number of nitrogens with one attached hydrogen (secondary N) is 2. The van der Waals surface area contributed by atoms with Gasteiger partial charge in [0.25, 0.3) is 5.91 Å². The molecular weight excluding hydrogens is 366 g/mol. The zero-order valence-corrected chi connectivity index (χ0v) is 18.1. The second kappa shape index (κ2) is 8.17. The molecule has 1 heterocycles. The number of benzene rings is 1. The first-order valence-electron chi connectivity index (χ1n) is 10.7. The van der Waals surface area contributed by atoms with E-state index in [4.69, 9.17) is 0 Å². The van der Waals surface area contributed by atoms with Gasteiger partial charge in [-0.3, -0.25) is 14.5 Å². The van der Waals surface area contributed by atoms with Crippen molar-refractivity contribution in [2.75, 3.05) is 6.54 Å². The zero-order chi connectivity index (χ0) is 21.3. The minimum Gasteiger partial charge on any atom is -0.352 e. The van der Waals surface area contributed by atoms with Crippen molar-refractivity contribution in [1.82, 2.24) is 15.5 Å². The van der Waals surface area contributed by atoms with Crippen LogP contribution in [0, 0.1) is 11.8 Å². The second-order valence-corrected chi connectivity index (χ2v) is 9.16. The van der Waals surface area contributed by atoms with Gasteiger partial charge in [-0.25, -0.2) is 4.79 Å². The fraction of sp³-hybridized carbons (Fsp3) is 0.609. The number of imide groups is 1. The van der Waals surface area contributed by atoms with E-state index in [1.165, 1.54) is 12.0 Å². The number of hydrogen-bond acceptors (Lipinski definition) is 3. The Bertz CT molecular complexity index is 789. The highest BCUT2D eigenvalue weighted by Crippen LogP contribution is 2.31. The summed E-state index contributed by atoms with van der Waals surface area (Å²) < 4.78 is 0. The molecule has 0 aromatic heterocycles. The maximum absolute atomic E-state index is 13.1. The van der Waals surface area contributed by atoms with Crippen LogP contribution in [0.5, 0.6) is 0 Å². The van der Waals surface area contributed by atoms with Gasteiger partial charge in [-0.1, -0.05) is 64.8 Å². The minimum atomic E-state index is -1.15. The van der Waals surface area contributed by atoms with Gasteiger partial charge < -0.3 is 10.6 Å². The Morgan fingerprint density at radius 1 is 1.21 bits per heavy atom. The molecule has 1 aromatic rings. The molecule has 1 saturated carbocycles. The number of nitrogens with zero attached hydrogens (tertiary/aromatic N) is 1. The summed E-state index contributed by atoms with van der Waals surface area (Å²) in [6, 6.07) is 7.29. The molecule has 1 aliphatic carbocycles. The highest BCUT2D eigenvalue weighted by molar-refractivity contribution is 6.09. The van der Waals surface area contributed by atoms with Crippen molar-refractivity contribution >= 4 is 17.8 Å². The van der Waals surface area contributed by atoms with E-state index in [2.05, 4.69) is 38.3 Å². The average molecular weight is 400 g/mol. The predicted molar refractivity (Wildman–Crippen MR) is 112 cm³/mol. The highest BCUT2D eigenvalue weighted by atomic mass is 16.2. The van der Waals surface area contributed by atoms with Crippen LogP contribution in [0.15, 0.2) is 24.3 Å². The Labute approximate surface area is 173 Å². The predicted octanol–water partition coefficient (Wildman–Crippen LogP) is 3.52. The van der Waals surface area contributed by atoms with Crippen LogP contribution >= 0.6 is 0 Å². The Balaban J connectivity index is 1.69. The number of rotatable bonds is 5. The Hall–Kier alpha value is -2.37. The van der Waals surface area contributed by atoms with Crippen LogP contribution in [0.1, 0.15) is 70.9 Å². The monoisotopic (exact) mass is 399 g/mol. The molecule has 3 rings (SSSR count). The molecule has 0 unspecified atom stereocenters. The third-order valence-corrected chi connectivity index (χ3v) is 6.78. The maximum atomic E-state index is 13.1. The third kappa shape index (κ3) is 4.16. The van der Waals surface area contributed by atoms with Crippen LogP contribution < -0.4 is 10.6 Å². The molecule has 4 amide bonds. The smallest absolute Gasteiger partial charge is 0.325 e. The molecule has 1 saturated heterocycles. The lowest BCUT2D eigenvalue weighted by atomic mass is 9.78. The molecule has 0 spiro atoms. The summed E-state index contributed by atoms with van der Waals surface area (Å²) >= 11 is 0. The molecule has 158 valence electrons. The van der Waals surface area contributed by atoms with Crippen molar-refractivity contribution in [3.05, 3.63) is 35.4 Å². The lowest BCUT2D eigenvalue weighted by Crippen LogP contribution is -2.48. The molecule has 6 nitrogen and oxygen atoms in total. The van der Waals surface area contributed by atoms with Crippen molar-refractivity contribution in [2.24, 2.45) is 11.8 Å². The fourth-order valence-corrected chi connectivity index (χ4v) is 4.42. The fourth-order valence-electron chi connectivity index (χ4n) is 4.42. The van der Waals surface area contributed by atoms with E-state index in [0.717, 1.165) is 23.3 Å². The van der Waals surface area contributed by atoms with E-state index in [1.807, 2.05) is 24.3 Å². The third-order valence-electron chi connectivity index (χ3n) is 6.78. The molecule has 2 N–H and O–H groups in total. The first kappa shape index (κ1) is 21.3. The van der Waals surface area contributed by atoms with Gasteiger partial charge in [-0.2, -0.15) is 0 Å². The SMILES string of the molecule is CC(C)c1ccc([C@]2(C)NC(=O)N(CC(=O)N[C@@H]3CCC[C@H](C)[C@@H]3C)C2=O)cc1. The molecule has 1 aliphatic heterocycles. The van der Waals surface area contributed by atoms with Crippen molar-refractivity contribution in [3.63, 3.8) is 0 Å².